The standard InChI is InChI=1S/C25H26F2N6O6S/c26-18-11-19(27)13-20(12-18)32-25(34)24(39-21-3-1-2-4-21)22(15-29-32)30-7-9-31(10-8-30)40(37,38)16-17-5-6-23(28-14-17)33(35)36/h5-6,11-15,21H,1-4,7-10,16H2. The molecule has 0 unspecified atom stereocenters. The summed E-state index contributed by atoms with van der Waals surface area (Å²) >= 11 is 0. The van der Waals surface area contributed by atoms with Crippen LogP contribution < -0.4 is 15.2 Å². The lowest BCUT2D eigenvalue weighted by Gasteiger charge is -2.36. The molecule has 1 saturated carbocycles. The van der Waals surface area contributed by atoms with Gasteiger partial charge in [-0.1, -0.05) is 0 Å². The van der Waals surface area contributed by atoms with Crippen LogP contribution in [0.25, 0.3) is 5.69 Å². The molecule has 1 aliphatic carbocycles. The largest absolute Gasteiger partial charge is 0.483 e. The third-order valence-electron chi connectivity index (χ3n) is 6.91. The first kappa shape index (κ1) is 27.6. The van der Waals surface area contributed by atoms with Gasteiger partial charge in [-0.15, -0.1) is 0 Å². The summed E-state index contributed by atoms with van der Waals surface area (Å²) in [7, 11) is -3.75. The number of aromatic nitrogens is 3. The summed E-state index contributed by atoms with van der Waals surface area (Å²) in [6.07, 6.45) is 5.80. The van der Waals surface area contributed by atoms with Crippen molar-refractivity contribution in [1.29, 1.82) is 0 Å². The van der Waals surface area contributed by atoms with Crippen LogP contribution in [0.4, 0.5) is 20.3 Å². The zero-order chi connectivity index (χ0) is 28.4. The molecule has 1 saturated heterocycles. The molecule has 0 amide bonds. The Morgan fingerprint density at radius 3 is 2.30 bits per heavy atom. The molecule has 12 nitrogen and oxygen atoms in total. The molecule has 15 heteroatoms. The summed E-state index contributed by atoms with van der Waals surface area (Å²) in [6.45, 7) is 0.699. The molecule has 40 heavy (non-hydrogen) atoms. The minimum Gasteiger partial charge on any atom is -0.483 e. The van der Waals surface area contributed by atoms with Crippen molar-refractivity contribution >= 4 is 21.5 Å². The van der Waals surface area contributed by atoms with Crippen LogP contribution in [0.5, 0.6) is 5.75 Å². The van der Waals surface area contributed by atoms with Gasteiger partial charge in [0.15, 0.2) is 0 Å². The highest BCUT2D eigenvalue weighted by Gasteiger charge is 2.31. The van der Waals surface area contributed by atoms with Crippen LogP contribution in [-0.4, -0.2) is 64.7 Å². The number of hydrogen-bond donors (Lipinski definition) is 0. The van der Waals surface area contributed by atoms with Gasteiger partial charge in [0.05, 0.1) is 23.7 Å². The molecule has 212 valence electrons. The van der Waals surface area contributed by atoms with E-state index in [4.69, 9.17) is 4.74 Å². The normalized spacial score (nSPS) is 16.8. The SMILES string of the molecule is O=c1c(OC2CCCC2)c(N2CCN(S(=O)(=O)Cc3ccc([N+](=O)[O-])nc3)CC2)cnn1-c1cc(F)cc(F)c1. The number of pyridine rings is 1. The van der Waals surface area contributed by atoms with Crippen molar-refractivity contribution < 1.29 is 26.9 Å². The van der Waals surface area contributed by atoms with E-state index in [1.54, 1.807) is 4.90 Å². The Morgan fingerprint density at radius 2 is 1.70 bits per heavy atom. The summed E-state index contributed by atoms with van der Waals surface area (Å²) < 4.78 is 62.1. The van der Waals surface area contributed by atoms with Gasteiger partial charge in [-0.2, -0.15) is 14.1 Å². The maximum absolute atomic E-state index is 13.9. The second-order valence-electron chi connectivity index (χ2n) is 9.65. The van der Waals surface area contributed by atoms with Gasteiger partial charge < -0.3 is 19.8 Å². The van der Waals surface area contributed by atoms with Crippen molar-refractivity contribution in [1.82, 2.24) is 19.1 Å². The first-order chi connectivity index (χ1) is 19.1. The van der Waals surface area contributed by atoms with Crippen molar-refractivity contribution in [2.75, 3.05) is 31.1 Å². The molecule has 0 N–H and O–H groups in total. The highest BCUT2D eigenvalue weighted by Crippen LogP contribution is 2.30. The Hall–Kier alpha value is -3.98. The van der Waals surface area contributed by atoms with Crippen molar-refractivity contribution in [3.05, 3.63) is 80.4 Å². The van der Waals surface area contributed by atoms with Gasteiger partial charge in [0.25, 0.3) is 0 Å². The Kier molecular flexibility index (Phi) is 7.76. The number of nitro groups is 1. The number of halogens is 2. The summed E-state index contributed by atoms with van der Waals surface area (Å²) in [5, 5.41) is 14.9. The van der Waals surface area contributed by atoms with Crippen LogP contribution >= 0.6 is 0 Å². The van der Waals surface area contributed by atoms with Crippen LogP contribution in [-0.2, 0) is 15.8 Å². The number of ether oxygens (including phenoxy) is 1. The van der Waals surface area contributed by atoms with E-state index in [9.17, 15) is 32.1 Å². The van der Waals surface area contributed by atoms with Gasteiger partial charge in [-0.3, -0.25) is 4.79 Å². The monoisotopic (exact) mass is 576 g/mol. The van der Waals surface area contributed by atoms with E-state index in [0.29, 0.717) is 17.3 Å². The highest BCUT2D eigenvalue weighted by atomic mass is 32.2. The Morgan fingerprint density at radius 1 is 1.02 bits per heavy atom. The minimum absolute atomic E-state index is 0.000157. The van der Waals surface area contributed by atoms with Crippen LogP contribution in [0, 0.1) is 21.7 Å². The highest BCUT2D eigenvalue weighted by molar-refractivity contribution is 7.88. The molecule has 2 fully saturated rings. The topological polar surface area (TPSA) is 141 Å². The average Bonchev–Trinajstić information content (AvgIpc) is 3.43. The summed E-state index contributed by atoms with van der Waals surface area (Å²) in [6, 6.07) is 5.21. The molecule has 1 aliphatic heterocycles. The minimum atomic E-state index is -3.75. The van der Waals surface area contributed by atoms with Gasteiger partial charge in [-0.05, 0) is 53.8 Å². The third-order valence-corrected chi connectivity index (χ3v) is 8.76. The smallest absolute Gasteiger partial charge is 0.363 e. The Labute approximate surface area is 228 Å². The molecular weight excluding hydrogens is 550 g/mol. The van der Waals surface area contributed by atoms with E-state index in [1.807, 2.05) is 0 Å². The maximum atomic E-state index is 13.9. The Bertz CT molecular complexity index is 1550. The molecule has 3 aromatic rings. The van der Waals surface area contributed by atoms with Crippen molar-refractivity contribution in [2.45, 2.75) is 37.5 Å². The van der Waals surface area contributed by atoms with E-state index in [0.717, 1.165) is 48.6 Å². The molecule has 1 aromatic carbocycles. The van der Waals surface area contributed by atoms with Gasteiger partial charge in [0.1, 0.15) is 23.5 Å². The Balaban J connectivity index is 1.36. The molecule has 2 aliphatic rings. The first-order valence-corrected chi connectivity index (χ1v) is 14.3. The number of piperazine rings is 1. The molecule has 0 bridgehead atoms. The molecule has 0 radical (unpaired) electrons. The predicted molar refractivity (Wildman–Crippen MR) is 140 cm³/mol. The van der Waals surface area contributed by atoms with Crippen molar-refractivity contribution in [2.24, 2.45) is 0 Å². The fraction of sp³-hybridized carbons (Fsp3) is 0.400. The van der Waals surface area contributed by atoms with E-state index in [1.165, 1.54) is 22.8 Å². The van der Waals surface area contributed by atoms with Gasteiger partial charge in [-0.25, -0.2) is 17.2 Å². The maximum Gasteiger partial charge on any atom is 0.363 e. The number of sulfonamides is 1. The first-order valence-electron chi connectivity index (χ1n) is 12.7. The number of rotatable bonds is 8. The third kappa shape index (κ3) is 5.94. The lowest BCUT2D eigenvalue weighted by molar-refractivity contribution is -0.389. The van der Waals surface area contributed by atoms with Crippen LogP contribution in [0.2, 0.25) is 0 Å². The number of hydrogen-bond acceptors (Lipinski definition) is 9. The molecule has 5 rings (SSSR count). The van der Waals surface area contributed by atoms with Crippen molar-refractivity contribution in [3.63, 3.8) is 0 Å². The van der Waals surface area contributed by atoms with Gasteiger partial charge >= 0.3 is 11.4 Å². The van der Waals surface area contributed by atoms with E-state index in [2.05, 4.69) is 10.1 Å². The lowest BCUT2D eigenvalue weighted by Crippen LogP contribution is -2.49. The summed E-state index contributed by atoms with van der Waals surface area (Å²) in [5.74, 6) is -2.44. The summed E-state index contributed by atoms with van der Waals surface area (Å²) in [4.78, 5) is 29.1. The fourth-order valence-corrected chi connectivity index (χ4v) is 6.40. The molecular formula is C25H26F2N6O6S. The molecule has 0 atom stereocenters. The summed E-state index contributed by atoms with van der Waals surface area (Å²) in [5.41, 5.74) is -0.0550. The predicted octanol–water partition coefficient (Wildman–Crippen LogP) is 2.79. The average molecular weight is 577 g/mol. The molecule has 0 spiro atoms. The number of nitrogens with zero attached hydrogens (tertiary/aromatic N) is 6. The van der Waals surface area contributed by atoms with E-state index >= 15 is 0 Å². The van der Waals surface area contributed by atoms with E-state index < -0.39 is 32.1 Å². The molecule has 3 heterocycles. The number of benzene rings is 1. The second kappa shape index (κ2) is 11.3. The zero-order valence-corrected chi connectivity index (χ0v) is 22.1. The van der Waals surface area contributed by atoms with E-state index in [-0.39, 0.29) is 55.3 Å². The van der Waals surface area contributed by atoms with Crippen LogP contribution in [0.1, 0.15) is 31.2 Å². The van der Waals surface area contributed by atoms with Gasteiger partial charge in [0.2, 0.25) is 15.8 Å². The lowest BCUT2D eigenvalue weighted by atomic mass is 10.2. The fourth-order valence-electron chi connectivity index (χ4n) is 4.90. The second-order valence-corrected chi connectivity index (χ2v) is 11.6. The molecule has 2 aromatic heterocycles. The van der Waals surface area contributed by atoms with Gasteiger partial charge in [0, 0.05) is 43.9 Å². The zero-order valence-electron chi connectivity index (χ0n) is 21.3. The van der Waals surface area contributed by atoms with Crippen molar-refractivity contribution in [3.8, 4) is 11.4 Å². The number of anilines is 1. The van der Waals surface area contributed by atoms with Crippen LogP contribution in [0.15, 0.2) is 47.5 Å². The quantitative estimate of drug-likeness (QED) is 0.292. The van der Waals surface area contributed by atoms with Crippen LogP contribution in [0.3, 0.4) is 0 Å².